The molecule has 11 heteroatoms. The van der Waals surface area contributed by atoms with Crippen LogP contribution in [0.3, 0.4) is 0 Å². The summed E-state index contributed by atoms with van der Waals surface area (Å²) in [6.07, 6.45) is -5.04. The third-order valence-electron chi connectivity index (χ3n) is 2.94. The number of aromatic nitrogens is 2. The van der Waals surface area contributed by atoms with E-state index in [0.717, 1.165) is 0 Å². The fourth-order valence-electron chi connectivity index (χ4n) is 1.90. The molecule has 11 nitrogen and oxygen atoms in total. The van der Waals surface area contributed by atoms with Crippen molar-refractivity contribution in [2.24, 2.45) is 0 Å². The lowest BCUT2D eigenvalue weighted by Gasteiger charge is -2.16. The van der Waals surface area contributed by atoms with E-state index in [0.29, 0.717) is 10.8 Å². The van der Waals surface area contributed by atoms with Crippen LogP contribution in [0.1, 0.15) is 6.23 Å². The molecule has 1 aliphatic rings. The summed E-state index contributed by atoms with van der Waals surface area (Å²) in [7, 11) is 0. The van der Waals surface area contributed by atoms with Crippen molar-refractivity contribution in [2.45, 2.75) is 24.5 Å². The molecule has 0 spiro atoms. The number of aromatic amines is 1. The molecule has 0 aliphatic carbocycles. The van der Waals surface area contributed by atoms with Gasteiger partial charge in [0.1, 0.15) is 18.3 Å². The van der Waals surface area contributed by atoms with E-state index in [9.17, 15) is 29.9 Å². The van der Waals surface area contributed by atoms with E-state index in [1.807, 2.05) is 0 Å². The second kappa shape index (κ2) is 5.13. The van der Waals surface area contributed by atoms with Crippen LogP contribution in [-0.4, -0.2) is 54.7 Å². The van der Waals surface area contributed by atoms with Crippen molar-refractivity contribution < 1.29 is 25.0 Å². The first kappa shape index (κ1) is 14.3. The van der Waals surface area contributed by atoms with E-state index in [1.54, 1.807) is 4.98 Å². The fourth-order valence-corrected chi connectivity index (χ4v) is 1.90. The van der Waals surface area contributed by atoms with Gasteiger partial charge in [-0.15, -0.1) is 0 Å². The summed E-state index contributed by atoms with van der Waals surface area (Å²) >= 11 is 0. The van der Waals surface area contributed by atoms with Crippen molar-refractivity contribution in [1.29, 1.82) is 0 Å². The average Bonchev–Trinajstić information content (AvgIpc) is 2.66. The van der Waals surface area contributed by atoms with E-state index < -0.39 is 53.0 Å². The number of ether oxygens (including phenoxy) is 1. The highest BCUT2D eigenvalue weighted by atomic mass is 16.6. The van der Waals surface area contributed by atoms with Crippen LogP contribution < -0.4 is 11.2 Å². The Hall–Kier alpha value is -2.08. The number of hydrogen-bond acceptors (Lipinski definition) is 8. The largest absolute Gasteiger partial charge is 0.394 e. The van der Waals surface area contributed by atoms with Gasteiger partial charge in [0.05, 0.1) is 17.7 Å². The third-order valence-corrected chi connectivity index (χ3v) is 2.94. The van der Waals surface area contributed by atoms with Crippen molar-refractivity contribution in [3.63, 3.8) is 0 Å². The normalized spacial score (nSPS) is 29.6. The molecule has 4 atom stereocenters. The number of hydrogen-bond donors (Lipinski definition) is 4. The predicted molar refractivity (Wildman–Crippen MR) is 61.0 cm³/mol. The maximum absolute atomic E-state index is 11.6. The summed E-state index contributed by atoms with van der Waals surface area (Å²) in [5.41, 5.74) is -3.15. The predicted octanol–water partition coefficient (Wildman–Crippen LogP) is -2.94. The van der Waals surface area contributed by atoms with Gasteiger partial charge >= 0.3 is 16.9 Å². The molecule has 1 aliphatic heterocycles. The van der Waals surface area contributed by atoms with Crippen LogP contribution >= 0.6 is 0 Å². The second-order valence-electron chi connectivity index (χ2n) is 4.17. The highest BCUT2D eigenvalue weighted by Crippen LogP contribution is 2.28. The first-order valence-corrected chi connectivity index (χ1v) is 5.49. The SMILES string of the molecule is O=c1[nH]c(=O)n([C@@H]2O[C@H](CO)[C@@H](O)[C@H]2O)cc1[N+](=O)[O-]. The van der Waals surface area contributed by atoms with Crippen molar-refractivity contribution in [2.75, 3.05) is 6.61 Å². The summed E-state index contributed by atoms with van der Waals surface area (Å²) in [5.74, 6) is 0. The molecule has 1 aromatic heterocycles. The maximum Gasteiger partial charge on any atom is 0.350 e. The average molecular weight is 289 g/mol. The molecule has 0 bridgehead atoms. The second-order valence-corrected chi connectivity index (χ2v) is 4.17. The molecule has 0 saturated carbocycles. The summed E-state index contributed by atoms with van der Waals surface area (Å²) in [5, 5.41) is 38.9. The van der Waals surface area contributed by atoms with Crippen LogP contribution in [0.2, 0.25) is 0 Å². The lowest BCUT2D eigenvalue weighted by atomic mass is 10.1. The number of aliphatic hydroxyl groups is 3. The molecule has 110 valence electrons. The van der Waals surface area contributed by atoms with Crippen LogP contribution in [0.5, 0.6) is 0 Å². The molecular formula is C9H11N3O8. The third kappa shape index (κ3) is 2.22. The van der Waals surface area contributed by atoms with Gasteiger partial charge < -0.3 is 20.1 Å². The Balaban J connectivity index is 2.48. The fraction of sp³-hybridized carbons (Fsp3) is 0.556. The van der Waals surface area contributed by atoms with Gasteiger partial charge in [0.2, 0.25) is 0 Å². The summed E-state index contributed by atoms with van der Waals surface area (Å²) in [6.45, 7) is -0.616. The molecule has 1 fully saturated rings. The number of H-pyrrole nitrogens is 1. The Labute approximate surface area is 109 Å². The number of aliphatic hydroxyl groups excluding tert-OH is 3. The van der Waals surface area contributed by atoms with E-state index in [1.165, 1.54) is 0 Å². The highest BCUT2D eigenvalue weighted by molar-refractivity contribution is 5.21. The minimum atomic E-state index is -1.59. The Morgan fingerprint density at radius 1 is 1.40 bits per heavy atom. The van der Waals surface area contributed by atoms with Gasteiger partial charge in [-0.3, -0.25) is 24.5 Å². The summed E-state index contributed by atoms with van der Waals surface area (Å²) in [6, 6.07) is 0. The van der Waals surface area contributed by atoms with Crippen molar-refractivity contribution in [1.82, 2.24) is 9.55 Å². The smallest absolute Gasteiger partial charge is 0.350 e. The molecule has 4 N–H and O–H groups in total. The number of nitrogens with one attached hydrogen (secondary N) is 1. The standard InChI is InChI=1S/C9H11N3O8/c13-2-4-5(14)6(15)8(20-4)11-1-3(12(18)19)7(16)10-9(11)17/h1,4-6,8,13-15H,2H2,(H,10,16,17)/t4-,5-,6-,8-/m1/s1. The van der Waals surface area contributed by atoms with Crippen molar-refractivity contribution >= 4 is 5.69 Å². The molecular weight excluding hydrogens is 278 g/mol. The lowest BCUT2D eigenvalue weighted by molar-refractivity contribution is -0.387. The van der Waals surface area contributed by atoms with Gasteiger partial charge in [-0.2, -0.15) is 0 Å². The molecule has 20 heavy (non-hydrogen) atoms. The van der Waals surface area contributed by atoms with Crippen molar-refractivity contribution in [3.05, 3.63) is 37.1 Å². The first-order valence-electron chi connectivity index (χ1n) is 5.49. The highest BCUT2D eigenvalue weighted by Gasteiger charge is 2.44. The maximum atomic E-state index is 11.6. The van der Waals surface area contributed by atoms with Gasteiger partial charge in [0.25, 0.3) is 0 Å². The van der Waals surface area contributed by atoms with Crippen LogP contribution in [0.4, 0.5) is 5.69 Å². The van der Waals surface area contributed by atoms with Gasteiger partial charge in [-0.1, -0.05) is 0 Å². The molecule has 0 amide bonds. The van der Waals surface area contributed by atoms with Crippen LogP contribution in [0.25, 0.3) is 0 Å². The molecule has 0 aromatic carbocycles. The number of nitrogens with zero attached hydrogens (tertiary/aromatic N) is 2. The number of nitro groups is 1. The summed E-state index contributed by atoms with van der Waals surface area (Å²) < 4.78 is 5.63. The molecule has 0 unspecified atom stereocenters. The van der Waals surface area contributed by atoms with E-state index >= 15 is 0 Å². The van der Waals surface area contributed by atoms with Gasteiger partial charge in [-0.05, 0) is 0 Å². The van der Waals surface area contributed by atoms with E-state index in [2.05, 4.69) is 0 Å². The van der Waals surface area contributed by atoms with Crippen LogP contribution in [0.15, 0.2) is 15.8 Å². The molecule has 2 heterocycles. The monoisotopic (exact) mass is 289 g/mol. The lowest BCUT2D eigenvalue weighted by Crippen LogP contribution is -2.38. The Bertz CT molecular complexity index is 637. The van der Waals surface area contributed by atoms with E-state index in [4.69, 9.17) is 9.84 Å². The zero-order valence-corrected chi connectivity index (χ0v) is 9.87. The topological polar surface area (TPSA) is 168 Å². The minimum Gasteiger partial charge on any atom is -0.394 e. The van der Waals surface area contributed by atoms with E-state index in [-0.39, 0.29) is 0 Å². The molecule has 1 saturated heterocycles. The molecule has 0 radical (unpaired) electrons. The Morgan fingerprint density at radius 3 is 2.55 bits per heavy atom. The van der Waals surface area contributed by atoms with Crippen molar-refractivity contribution in [3.8, 4) is 0 Å². The Kier molecular flexibility index (Phi) is 3.67. The quantitative estimate of drug-likeness (QED) is 0.338. The van der Waals surface area contributed by atoms with Crippen LogP contribution in [0, 0.1) is 10.1 Å². The first-order chi connectivity index (χ1) is 9.36. The zero-order valence-electron chi connectivity index (χ0n) is 9.87. The Morgan fingerprint density at radius 2 is 2.05 bits per heavy atom. The van der Waals surface area contributed by atoms with Gasteiger partial charge in [0.15, 0.2) is 6.23 Å². The number of rotatable bonds is 3. The minimum absolute atomic E-state index is 0.586. The molecule has 2 rings (SSSR count). The summed E-state index contributed by atoms with van der Waals surface area (Å²) in [4.78, 5) is 34.2. The van der Waals surface area contributed by atoms with Gasteiger partial charge in [-0.25, -0.2) is 4.79 Å². The van der Waals surface area contributed by atoms with Crippen LogP contribution in [-0.2, 0) is 4.74 Å². The van der Waals surface area contributed by atoms with Gasteiger partial charge in [0, 0.05) is 0 Å². The molecule has 1 aromatic rings. The zero-order chi connectivity index (χ0) is 15.0.